The van der Waals surface area contributed by atoms with E-state index in [0.717, 1.165) is 6.42 Å². The summed E-state index contributed by atoms with van der Waals surface area (Å²) in [6, 6.07) is 0. The van der Waals surface area contributed by atoms with Gasteiger partial charge in [-0.3, -0.25) is 4.79 Å². The fourth-order valence-electron chi connectivity index (χ4n) is 1.32. The number of carbonyl (C=O) groups is 1. The molecule has 0 aromatic rings. The van der Waals surface area contributed by atoms with Gasteiger partial charge < -0.3 is 15.2 Å². The molecular weight excluding hydrogens is 232 g/mol. The predicted octanol–water partition coefficient (Wildman–Crippen LogP) is 1.18. The smallest absolute Gasteiger partial charge is 0.261 e. The monoisotopic (exact) mass is 253 g/mol. The fourth-order valence-corrected chi connectivity index (χ4v) is 1.32. The first-order valence-electron chi connectivity index (χ1n) is 5.83. The maximum atomic E-state index is 11.7. The third-order valence-corrected chi connectivity index (χ3v) is 2.42. The summed E-state index contributed by atoms with van der Waals surface area (Å²) in [5.74, 6) is 0.0431. The Balaban J connectivity index is 3.51. The lowest BCUT2D eigenvalue weighted by Crippen LogP contribution is -2.30. The van der Waals surface area contributed by atoms with Crippen molar-refractivity contribution in [2.45, 2.75) is 32.6 Å². The van der Waals surface area contributed by atoms with E-state index in [2.05, 4.69) is 10.1 Å². The average Bonchev–Trinajstić information content (AvgIpc) is 2.29. The van der Waals surface area contributed by atoms with E-state index in [9.17, 15) is 13.6 Å². The normalized spacial score (nSPS) is 12.8. The third-order valence-electron chi connectivity index (χ3n) is 2.42. The van der Waals surface area contributed by atoms with Gasteiger partial charge >= 0.3 is 0 Å². The minimum atomic E-state index is -2.49. The highest BCUT2D eigenvalue weighted by molar-refractivity contribution is 5.75. The molecule has 0 spiro atoms. The zero-order chi connectivity index (χ0) is 13.1. The van der Waals surface area contributed by atoms with Crippen molar-refractivity contribution in [3.05, 3.63) is 0 Å². The molecule has 0 aliphatic rings. The first-order valence-corrected chi connectivity index (χ1v) is 5.83. The van der Waals surface area contributed by atoms with Gasteiger partial charge in [-0.15, -0.1) is 0 Å². The van der Waals surface area contributed by atoms with Crippen LogP contribution in [-0.2, 0) is 9.53 Å². The van der Waals surface area contributed by atoms with E-state index in [4.69, 9.17) is 5.11 Å². The van der Waals surface area contributed by atoms with E-state index in [1.165, 1.54) is 0 Å². The van der Waals surface area contributed by atoms with Crippen LogP contribution < -0.4 is 5.32 Å². The summed E-state index contributed by atoms with van der Waals surface area (Å²) in [5.41, 5.74) is 0. The lowest BCUT2D eigenvalue weighted by atomic mass is 10.0. The lowest BCUT2D eigenvalue weighted by molar-refractivity contribution is -0.122. The Morgan fingerprint density at radius 3 is 2.71 bits per heavy atom. The summed E-state index contributed by atoms with van der Waals surface area (Å²) < 4.78 is 28.0. The molecule has 1 unspecified atom stereocenters. The zero-order valence-corrected chi connectivity index (χ0v) is 10.1. The van der Waals surface area contributed by atoms with E-state index >= 15 is 0 Å². The molecule has 102 valence electrons. The number of aliphatic hydroxyl groups is 1. The Morgan fingerprint density at radius 1 is 1.47 bits per heavy atom. The first-order chi connectivity index (χ1) is 8.10. The summed E-state index contributed by atoms with van der Waals surface area (Å²) in [6.45, 7) is 1.97. The molecule has 0 bridgehead atoms. The van der Waals surface area contributed by atoms with Gasteiger partial charge in [0.1, 0.15) is 6.61 Å². The van der Waals surface area contributed by atoms with Crippen molar-refractivity contribution in [3.63, 3.8) is 0 Å². The van der Waals surface area contributed by atoms with Gasteiger partial charge in [-0.2, -0.15) is 0 Å². The minimum Gasteiger partial charge on any atom is -0.396 e. The molecule has 0 aliphatic heterocycles. The number of alkyl halides is 2. The van der Waals surface area contributed by atoms with Crippen molar-refractivity contribution in [1.82, 2.24) is 5.32 Å². The number of amides is 1. The van der Waals surface area contributed by atoms with E-state index in [1.54, 1.807) is 0 Å². The highest BCUT2D eigenvalue weighted by Gasteiger charge is 2.08. The third kappa shape index (κ3) is 10.1. The van der Waals surface area contributed by atoms with Gasteiger partial charge in [0.05, 0.1) is 6.61 Å². The van der Waals surface area contributed by atoms with Crippen molar-refractivity contribution >= 4 is 5.91 Å². The van der Waals surface area contributed by atoms with Crippen LogP contribution in [0.25, 0.3) is 0 Å². The van der Waals surface area contributed by atoms with Crippen molar-refractivity contribution in [3.8, 4) is 0 Å². The van der Waals surface area contributed by atoms with Crippen molar-refractivity contribution < 1.29 is 23.4 Å². The Labute approximate surface area is 100 Å². The Morgan fingerprint density at radius 2 is 2.18 bits per heavy atom. The quantitative estimate of drug-likeness (QED) is 0.575. The molecular formula is C11H21F2NO3. The molecule has 0 fully saturated rings. The summed E-state index contributed by atoms with van der Waals surface area (Å²) in [6.07, 6.45) is -0.879. The number of carbonyl (C=O) groups excluding carboxylic acids is 1. The molecule has 4 nitrogen and oxygen atoms in total. The van der Waals surface area contributed by atoms with Crippen LogP contribution in [0, 0.1) is 5.92 Å². The van der Waals surface area contributed by atoms with Gasteiger partial charge in [-0.1, -0.05) is 13.3 Å². The Bertz CT molecular complexity index is 203. The minimum absolute atomic E-state index is 0.00691. The number of rotatable bonds is 10. The van der Waals surface area contributed by atoms with Crippen LogP contribution in [-0.4, -0.2) is 43.8 Å². The van der Waals surface area contributed by atoms with Crippen LogP contribution in [0.5, 0.6) is 0 Å². The number of nitrogens with one attached hydrogen (secondary N) is 1. The van der Waals surface area contributed by atoms with Gasteiger partial charge in [0, 0.05) is 19.6 Å². The number of hydrogen-bond donors (Lipinski definition) is 2. The van der Waals surface area contributed by atoms with E-state index in [-0.39, 0.29) is 31.5 Å². The van der Waals surface area contributed by atoms with Crippen molar-refractivity contribution in [1.29, 1.82) is 0 Å². The van der Waals surface area contributed by atoms with Crippen LogP contribution in [0.2, 0.25) is 0 Å². The first kappa shape index (κ1) is 16.2. The predicted molar refractivity (Wildman–Crippen MR) is 59.9 cm³/mol. The van der Waals surface area contributed by atoms with Crippen LogP contribution in [0.1, 0.15) is 26.2 Å². The maximum Gasteiger partial charge on any atom is 0.261 e. The van der Waals surface area contributed by atoms with E-state index in [1.807, 2.05) is 6.92 Å². The maximum absolute atomic E-state index is 11.7. The molecule has 0 aromatic heterocycles. The topological polar surface area (TPSA) is 58.6 Å². The molecule has 0 aliphatic carbocycles. The molecule has 6 heteroatoms. The van der Waals surface area contributed by atoms with Crippen molar-refractivity contribution in [2.75, 3.05) is 26.4 Å². The summed E-state index contributed by atoms with van der Waals surface area (Å²) >= 11 is 0. The fraction of sp³-hybridized carbons (Fsp3) is 0.909. The molecule has 0 rings (SSSR count). The highest BCUT2D eigenvalue weighted by atomic mass is 19.3. The largest absolute Gasteiger partial charge is 0.396 e. The molecule has 0 radical (unpaired) electrons. The van der Waals surface area contributed by atoms with Gasteiger partial charge in [-0.05, 0) is 12.3 Å². The second kappa shape index (κ2) is 10.4. The summed E-state index contributed by atoms with van der Waals surface area (Å²) in [5, 5.41) is 11.4. The van der Waals surface area contributed by atoms with Crippen molar-refractivity contribution in [2.24, 2.45) is 5.92 Å². The number of aliphatic hydroxyl groups excluding tert-OH is 1. The van der Waals surface area contributed by atoms with Gasteiger partial charge in [0.25, 0.3) is 6.43 Å². The molecule has 0 saturated heterocycles. The zero-order valence-electron chi connectivity index (χ0n) is 10.1. The molecule has 0 heterocycles. The van der Waals surface area contributed by atoms with Crippen LogP contribution >= 0.6 is 0 Å². The highest BCUT2D eigenvalue weighted by Crippen LogP contribution is 2.05. The molecule has 17 heavy (non-hydrogen) atoms. The van der Waals surface area contributed by atoms with E-state index < -0.39 is 13.0 Å². The molecule has 1 atom stereocenters. The van der Waals surface area contributed by atoms with Gasteiger partial charge in [0.2, 0.25) is 5.91 Å². The summed E-state index contributed by atoms with van der Waals surface area (Å²) in [4.78, 5) is 11.3. The standard InChI is InChI=1S/C11H21F2NO3/c1-2-9(3-5-15)7-14-11(16)4-6-17-8-10(12)13/h9-10,15H,2-8H2,1H3,(H,14,16). The number of ether oxygens (including phenoxy) is 1. The molecule has 1 amide bonds. The molecule has 2 N–H and O–H groups in total. The van der Waals surface area contributed by atoms with E-state index in [0.29, 0.717) is 13.0 Å². The van der Waals surface area contributed by atoms with Crippen LogP contribution in [0.15, 0.2) is 0 Å². The van der Waals surface area contributed by atoms with Crippen LogP contribution in [0.4, 0.5) is 8.78 Å². The van der Waals surface area contributed by atoms with Gasteiger partial charge in [-0.25, -0.2) is 8.78 Å². The lowest BCUT2D eigenvalue weighted by Gasteiger charge is -2.14. The molecule has 0 aromatic carbocycles. The number of halogens is 2. The second-order valence-corrected chi connectivity index (χ2v) is 3.81. The summed E-state index contributed by atoms with van der Waals surface area (Å²) in [7, 11) is 0. The Hall–Kier alpha value is -0.750. The SMILES string of the molecule is CCC(CCO)CNC(=O)CCOCC(F)F. The van der Waals surface area contributed by atoms with Crippen LogP contribution in [0.3, 0.4) is 0 Å². The average molecular weight is 253 g/mol. The number of hydrogen-bond acceptors (Lipinski definition) is 3. The molecule has 0 saturated carbocycles. The van der Waals surface area contributed by atoms with Gasteiger partial charge in [0.15, 0.2) is 0 Å². The Kier molecular flexibility index (Phi) is 9.95. The second-order valence-electron chi connectivity index (χ2n) is 3.81.